The third-order valence-electron chi connectivity index (χ3n) is 2.42. The Morgan fingerprint density at radius 3 is 2.41 bits per heavy atom. The maximum atomic E-state index is 10.9. The van der Waals surface area contributed by atoms with Crippen LogP contribution in [0.15, 0.2) is 12.1 Å². The van der Waals surface area contributed by atoms with Crippen LogP contribution in [-0.2, 0) is 20.9 Å². The molecule has 1 aromatic rings. The number of aryl methyl sites for hydroxylation is 1. The molecular weight excluding hydrogens is 246 g/mol. The van der Waals surface area contributed by atoms with Crippen LogP contribution in [0.5, 0.6) is 0 Å². The van der Waals surface area contributed by atoms with Gasteiger partial charge in [0.15, 0.2) is 0 Å². The predicted molar refractivity (Wildman–Crippen MR) is 62.2 cm³/mol. The summed E-state index contributed by atoms with van der Waals surface area (Å²) in [6.07, 6.45) is 0.940. The fourth-order valence-electron chi connectivity index (χ4n) is 1.47. The second kappa shape index (κ2) is 4.80. The predicted octanol–water partition coefficient (Wildman–Crippen LogP) is 1.69. The molecule has 0 saturated carbocycles. The van der Waals surface area contributed by atoms with Crippen molar-refractivity contribution >= 4 is 15.8 Å². The molecule has 0 radical (unpaired) electrons. The summed E-state index contributed by atoms with van der Waals surface area (Å²) in [4.78, 5) is 10.2. The van der Waals surface area contributed by atoms with Gasteiger partial charge in [0.1, 0.15) is 0 Å². The standard InChI is InChI=1S/C10H13NO5S/c1-7-4-5-10(11(12)13)8(2)9(7)6-16-17(3,14)15/h4-5H,6H2,1-3H3. The monoisotopic (exact) mass is 259 g/mol. The lowest BCUT2D eigenvalue weighted by Gasteiger charge is -2.09. The molecule has 0 spiro atoms. The van der Waals surface area contributed by atoms with Crippen LogP contribution in [0, 0.1) is 24.0 Å². The van der Waals surface area contributed by atoms with Gasteiger partial charge in [0.05, 0.1) is 17.8 Å². The number of rotatable bonds is 4. The van der Waals surface area contributed by atoms with Crippen LogP contribution in [-0.4, -0.2) is 19.6 Å². The maximum absolute atomic E-state index is 10.9. The van der Waals surface area contributed by atoms with Crippen molar-refractivity contribution in [2.24, 2.45) is 0 Å². The number of benzene rings is 1. The summed E-state index contributed by atoms with van der Waals surface area (Å²) in [5, 5.41) is 10.7. The van der Waals surface area contributed by atoms with Crippen molar-refractivity contribution in [1.29, 1.82) is 0 Å². The van der Waals surface area contributed by atoms with E-state index < -0.39 is 15.0 Å². The van der Waals surface area contributed by atoms with Gasteiger partial charge in [-0.25, -0.2) is 0 Å². The van der Waals surface area contributed by atoms with Gasteiger partial charge in [-0.15, -0.1) is 0 Å². The molecule has 1 aromatic carbocycles. The molecule has 0 N–H and O–H groups in total. The third kappa shape index (κ3) is 3.50. The van der Waals surface area contributed by atoms with Gasteiger partial charge < -0.3 is 0 Å². The number of nitro groups is 1. The molecule has 0 aliphatic rings. The molecule has 0 atom stereocenters. The van der Waals surface area contributed by atoms with E-state index in [2.05, 4.69) is 4.18 Å². The van der Waals surface area contributed by atoms with Gasteiger partial charge in [-0.2, -0.15) is 8.42 Å². The molecule has 0 aliphatic heterocycles. The van der Waals surface area contributed by atoms with Gasteiger partial charge >= 0.3 is 0 Å². The summed E-state index contributed by atoms with van der Waals surface area (Å²) in [6, 6.07) is 2.97. The first-order valence-electron chi connectivity index (χ1n) is 4.80. The quantitative estimate of drug-likeness (QED) is 0.466. The molecule has 0 saturated heterocycles. The first-order valence-corrected chi connectivity index (χ1v) is 6.62. The number of nitrogens with zero attached hydrogens (tertiary/aromatic N) is 1. The Kier molecular flexibility index (Phi) is 3.84. The molecule has 0 fully saturated rings. The lowest BCUT2D eigenvalue weighted by Crippen LogP contribution is -2.06. The van der Waals surface area contributed by atoms with Crippen LogP contribution in [0.1, 0.15) is 16.7 Å². The summed E-state index contributed by atoms with van der Waals surface area (Å²) >= 11 is 0. The molecule has 7 heteroatoms. The van der Waals surface area contributed by atoms with E-state index >= 15 is 0 Å². The van der Waals surface area contributed by atoms with E-state index in [1.54, 1.807) is 19.9 Å². The Morgan fingerprint density at radius 2 is 1.94 bits per heavy atom. The van der Waals surface area contributed by atoms with Crippen molar-refractivity contribution in [2.45, 2.75) is 20.5 Å². The lowest BCUT2D eigenvalue weighted by atomic mass is 10.0. The van der Waals surface area contributed by atoms with Gasteiger partial charge in [-0.3, -0.25) is 14.3 Å². The zero-order chi connectivity index (χ0) is 13.2. The molecule has 0 aliphatic carbocycles. The van der Waals surface area contributed by atoms with Crippen molar-refractivity contribution in [2.75, 3.05) is 6.26 Å². The molecule has 0 unspecified atom stereocenters. The van der Waals surface area contributed by atoms with E-state index in [1.165, 1.54) is 6.07 Å². The lowest BCUT2D eigenvalue weighted by molar-refractivity contribution is -0.385. The molecule has 17 heavy (non-hydrogen) atoms. The smallest absolute Gasteiger partial charge is 0.265 e. The molecule has 94 valence electrons. The number of hydrogen-bond acceptors (Lipinski definition) is 5. The zero-order valence-electron chi connectivity index (χ0n) is 9.76. The van der Waals surface area contributed by atoms with Crippen LogP contribution in [0.2, 0.25) is 0 Å². The van der Waals surface area contributed by atoms with E-state index in [9.17, 15) is 18.5 Å². The second-order valence-electron chi connectivity index (χ2n) is 3.73. The van der Waals surface area contributed by atoms with Crippen LogP contribution in [0.4, 0.5) is 5.69 Å². The van der Waals surface area contributed by atoms with Gasteiger partial charge in [-0.05, 0) is 25.0 Å². The summed E-state index contributed by atoms with van der Waals surface area (Å²) in [5.74, 6) is 0. The van der Waals surface area contributed by atoms with Crippen molar-refractivity contribution in [3.8, 4) is 0 Å². The molecule has 0 heterocycles. The average Bonchev–Trinajstić information content (AvgIpc) is 2.14. The second-order valence-corrected chi connectivity index (χ2v) is 5.37. The Morgan fingerprint density at radius 1 is 1.35 bits per heavy atom. The van der Waals surface area contributed by atoms with Crippen molar-refractivity contribution < 1.29 is 17.5 Å². The molecule has 0 amide bonds. The Balaban J connectivity index is 3.14. The zero-order valence-corrected chi connectivity index (χ0v) is 10.6. The normalized spacial score (nSPS) is 11.5. The van der Waals surface area contributed by atoms with E-state index in [4.69, 9.17) is 0 Å². The molecule has 6 nitrogen and oxygen atoms in total. The van der Waals surface area contributed by atoms with Gasteiger partial charge in [-0.1, -0.05) is 6.07 Å². The number of nitro benzene ring substituents is 1. The van der Waals surface area contributed by atoms with Crippen LogP contribution in [0.25, 0.3) is 0 Å². The van der Waals surface area contributed by atoms with Crippen LogP contribution < -0.4 is 0 Å². The fraction of sp³-hybridized carbons (Fsp3) is 0.400. The molecule has 0 aromatic heterocycles. The minimum absolute atomic E-state index is 0.0392. The topological polar surface area (TPSA) is 86.5 Å². The summed E-state index contributed by atoms with van der Waals surface area (Å²) < 4.78 is 26.4. The van der Waals surface area contributed by atoms with Gasteiger partial charge in [0, 0.05) is 11.6 Å². The van der Waals surface area contributed by atoms with E-state index in [0.717, 1.165) is 11.8 Å². The molecule has 1 rings (SSSR count). The van der Waals surface area contributed by atoms with Gasteiger partial charge in [0.25, 0.3) is 15.8 Å². The maximum Gasteiger partial charge on any atom is 0.272 e. The first-order chi connectivity index (χ1) is 7.72. The first kappa shape index (κ1) is 13.6. The minimum atomic E-state index is -3.56. The highest BCUT2D eigenvalue weighted by atomic mass is 32.2. The van der Waals surface area contributed by atoms with Gasteiger partial charge in [0.2, 0.25) is 0 Å². The SMILES string of the molecule is Cc1ccc([N+](=O)[O-])c(C)c1COS(C)(=O)=O. The molecular formula is C10H13NO5S. The summed E-state index contributed by atoms with van der Waals surface area (Å²) in [6.45, 7) is 3.14. The van der Waals surface area contributed by atoms with Crippen molar-refractivity contribution in [3.05, 3.63) is 38.9 Å². The highest BCUT2D eigenvalue weighted by Crippen LogP contribution is 2.25. The third-order valence-corrected chi connectivity index (χ3v) is 2.96. The Labute approximate surface area is 99.5 Å². The Bertz CT molecular complexity index is 550. The Hall–Kier alpha value is -1.47. The molecule has 0 bridgehead atoms. The average molecular weight is 259 g/mol. The van der Waals surface area contributed by atoms with E-state index in [0.29, 0.717) is 11.1 Å². The van der Waals surface area contributed by atoms with E-state index in [1.807, 2.05) is 0 Å². The highest BCUT2D eigenvalue weighted by molar-refractivity contribution is 7.85. The van der Waals surface area contributed by atoms with E-state index in [-0.39, 0.29) is 12.3 Å². The summed E-state index contributed by atoms with van der Waals surface area (Å²) in [5.41, 5.74) is 1.68. The van der Waals surface area contributed by atoms with Crippen molar-refractivity contribution in [1.82, 2.24) is 0 Å². The fourth-order valence-corrected chi connectivity index (χ4v) is 1.80. The van der Waals surface area contributed by atoms with Crippen LogP contribution >= 0.6 is 0 Å². The summed E-state index contributed by atoms with van der Waals surface area (Å²) in [7, 11) is -3.56. The number of hydrogen-bond donors (Lipinski definition) is 0. The largest absolute Gasteiger partial charge is 0.272 e. The minimum Gasteiger partial charge on any atom is -0.265 e. The van der Waals surface area contributed by atoms with Crippen LogP contribution in [0.3, 0.4) is 0 Å². The van der Waals surface area contributed by atoms with Crippen molar-refractivity contribution in [3.63, 3.8) is 0 Å². The highest BCUT2D eigenvalue weighted by Gasteiger charge is 2.16.